The van der Waals surface area contributed by atoms with Crippen molar-refractivity contribution < 1.29 is 23.7 Å². The van der Waals surface area contributed by atoms with Gasteiger partial charge in [0.2, 0.25) is 17.7 Å². The molecule has 0 saturated carbocycles. The van der Waals surface area contributed by atoms with Crippen molar-refractivity contribution in [3.63, 3.8) is 0 Å². The van der Waals surface area contributed by atoms with Crippen LogP contribution in [-0.4, -0.2) is 44.3 Å². The highest BCUT2D eigenvalue weighted by molar-refractivity contribution is 6.00. The number of amides is 1. The summed E-state index contributed by atoms with van der Waals surface area (Å²) in [5.41, 5.74) is 3.21. The number of anilines is 3. The van der Waals surface area contributed by atoms with E-state index in [1.165, 1.54) is 0 Å². The zero-order valence-corrected chi connectivity index (χ0v) is 19.9. The minimum atomic E-state index is -0.371. The number of ether oxygens (including phenoxy) is 4. The van der Waals surface area contributed by atoms with Gasteiger partial charge in [0.15, 0.2) is 0 Å². The van der Waals surface area contributed by atoms with Gasteiger partial charge in [0.05, 0.1) is 58.0 Å². The van der Waals surface area contributed by atoms with E-state index < -0.39 is 0 Å². The molecule has 0 fully saturated rings. The Morgan fingerprint density at radius 3 is 2.12 bits per heavy atom. The molecule has 0 saturated heterocycles. The van der Waals surface area contributed by atoms with E-state index in [4.69, 9.17) is 23.9 Å². The van der Waals surface area contributed by atoms with Crippen molar-refractivity contribution in [2.75, 3.05) is 38.7 Å². The van der Waals surface area contributed by atoms with Gasteiger partial charge in [-0.25, -0.2) is 4.98 Å². The Hall–Kier alpha value is -4.01. The number of hydrogen-bond acceptors (Lipinski definition) is 8. The van der Waals surface area contributed by atoms with Crippen LogP contribution in [0.15, 0.2) is 42.5 Å². The van der Waals surface area contributed by atoms with E-state index in [0.717, 1.165) is 22.6 Å². The summed E-state index contributed by atoms with van der Waals surface area (Å²) in [5.74, 6) is 2.34. The molecule has 178 valence electrons. The van der Waals surface area contributed by atoms with Crippen LogP contribution in [0.4, 0.5) is 17.2 Å². The summed E-state index contributed by atoms with van der Waals surface area (Å²) in [6.45, 7) is 2.40. The van der Waals surface area contributed by atoms with Gasteiger partial charge in [-0.05, 0) is 18.1 Å². The number of nitrogens with zero attached hydrogens (tertiary/aromatic N) is 3. The van der Waals surface area contributed by atoms with E-state index in [0.29, 0.717) is 42.0 Å². The average Bonchev–Trinajstić information content (AvgIpc) is 2.87. The Morgan fingerprint density at radius 1 is 0.912 bits per heavy atom. The molecule has 9 nitrogen and oxygen atoms in total. The Balaban J connectivity index is 1.67. The summed E-state index contributed by atoms with van der Waals surface area (Å²) < 4.78 is 21.3. The summed E-state index contributed by atoms with van der Waals surface area (Å²) in [5, 5.41) is 3.27. The molecule has 0 aliphatic carbocycles. The van der Waals surface area contributed by atoms with Gasteiger partial charge in [0.25, 0.3) is 0 Å². The van der Waals surface area contributed by atoms with Gasteiger partial charge < -0.3 is 29.2 Å². The summed E-state index contributed by atoms with van der Waals surface area (Å²) in [7, 11) is 6.27. The van der Waals surface area contributed by atoms with Crippen molar-refractivity contribution in [3.05, 3.63) is 53.7 Å². The zero-order chi connectivity index (χ0) is 24.2. The number of aromatic nitrogens is 2. The molecule has 1 aliphatic heterocycles. The Morgan fingerprint density at radius 2 is 1.56 bits per heavy atom. The monoisotopic (exact) mass is 464 g/mol. The molecule has 0 radical (unpaired) electrons. The van der Waals surface area contributed by atoms with E-state index in [1.807, 2.05) is 31.2 Å². The van der Waals surface area contributed by atoms with Crippen LogP contribution < -0.4 is 29.2 Å². The normalized spacial score (nSPS) is 14.9. The maximum Gasteiger partial charge on any atom is 0.236 e. The zero-order valence-electron chi connectivity index (χ0n) is 19.9. The molecular weight excluding hydrogens is 436 g/mol. The van der Waals surface area contributed by atoms with Crippen LogP contribution in [0, 0.1) is 0 Å². The Labute approximate surface area is 198 Å². The molecular formula is C25H28N4O5. The minimum Gasteiger partial charge on any atom is -0.497 e. The second-order valence-electron chi connectivity index (χ2n) is 7.76. The summed E-state index contributed by atoms with van der Waals surface area (Å²) in [6, 6.07) is 12.9. The van der Waals surface area contributed by atoms with Gasteiger partial charge in [-0.3, -0.25) is 4.79 Å². The van der Waals surface area contributed by atoms with Gasteiger partial charge in [0, 0.05) is 30.3 Å². The molecule has 1 aromatic carbocycles. The van der Waals surface area contributed by atoms with Crippen LogP contribution in [0.1, 0.15) is 30.5 Å². The molecule has 34 heavy (non-hydrogen) atoms. The van der Waals surface area contributed by atoms with E-state index in [9.17, 15) is 4.79 Å². The summed E-state index contributed by atoms with van der Waals surface area (Å²) >= 11 is 0. The second-order valence-corrected chi connectivity index (χ2v) is 7.76. The van der Waals surface area contributed by atoms with Crippen molar-refractivity contribution in [2.45, 2.75) is 25.8 Å². The first-order chi connectivity index (χ1) is 16.5. The van der Waals surface area contributed by atoms with Crippen molar-refractivity contribution in [2.24, 2.45) is 0 Å². The molecule has 1 N–H and O–H groups in total. The maximum absolute atomic E-state index is 13.5. The van der Waals surface area contributed by atoms with Crippen molar-refractivity contribution in [1.29, 1.82) is 0 Å². The minimum absolute atomic E-state index is 0.0118. The molecule has 3 heterocycles. The van der Waals surface area contributed by atoms with Gasteiger partial charge in [-0.1, -0.05) is 13.0 Å². The van der Waals surface area contributed by atoms with Crippen molar-refractivity contribution >= 4 is 23.1 Å². The van der Waals surface area contributed by atoms with Gasteiger partial charge in [0.1, 0.15) is 17.3 Å². The third-order valence-corrected chi connectivity index (χ3v) is 5.76. The molecule has 9 heteroatoms. The first kappa shape index (κ1) is 23.2. The van der Waals surface area contributed by atoms with E-state index in [2.05, 4.69) is 10.3 Å². The van der Waals surface area contributed by atoms with Gasteiger partial charge >= 0.3 is 0 Å². The van der Waals surface area contributed by atoms with Crippen LogP contribution in [-0.2, 0) is 11.3 Å². The van der Waals surface area contributed by atoms with Gasteiger partial charge in [-0.2, -0.15) is 4.98 Å². The second kappa shape index (κ2) is 9.86. The molecule has 1 atom stereocenters. The number of rotatable bonds is 8. The molecule has 0 bridgehead atoms. The number of hydrogen-bond donors (Lipinski definition) is 1. The number of nitrogens with one attached hydrogen (secondary N) is 1. The molecule has 4 rings (SSSR count). The van der Waals surface area contributed by atoms with E-state index in [-0.39, 0.29) is 11.8 Å². The summed E-state index contributed by atoms with van der Waals surface area (Å²) in [4.78, 5) is 24.3. The van der Waals surface area contributed by atoms with E-state index in [1.54, 1.807) is 51.5 Å². The van der Waals surface area contributed by atoms with Crippen LogP contribution in [0.5, 0.6) is 23.3 Å². The number of methoxy groups -OCH3 is 4. The highest BCUT2D eigenvalue weighted by atomic mass is 16.5. The number of benzene rings is 1. The van der Waals surface area contributed by atoms with Crippen LogP contribution >= 0.6 is 0 Å². The SMILES string of the molecule is CCC1C(=O)N(c2cc(OC)cc(OC)c2)Cc2ccc(Nc3cc(OC)nc(OC)c3)nc21. The predicted octanol–water partition coefficient (Wildman–Crippen LogP) is 4.30. The van der Waals surface area contributed by atoms with Crippen molar-refractivity contribution in [3.8, 4) is 23.3 Å². The fraction of sp³-hybridized carbons (Fsp3) is 0.320. The maximum atomic E-state index is 13.5. The predicted molar refractivity (Wildman–Crippen MR) is 129 cm³/mol. The standard InChI is InChI=1S/C25H28N4O5/c1-6-20-24-15(14-29(25(20)30)17-11-18(31-2)13-19(12-17)32-3)7-8-21(27-24)26-16-9-22(33-4)28-23(10-16)34-5/h7-13,20H,6,14H2,1-5H3,(H,26,27,28). The number of carbonyl (C=O) groups is 1. The molecule has 1 aliphatic rings. The fourth-order valence-electron chi connectivity index (χ4n) is 4.01. The number of pyridine rings is 2. The number of carbonyl (C=O) groups excluding carboxylic acids is 1. The lowest BCUT2D eigenvalue weighted by atomic mass is 9.91. The third kappa shape index (κ3) is 4.54. The Bertz CT molecular complexity index is 1160. The first-order valence-electron chi connectivity index (χ1n) is 10.9. The van der Waals surface area contributed by atoms with E-state index >= 15 is 0 Å². The van der Waals surface area contributed by atoms with Gasteiger partial charge in [-0.15, -0.1) is 0 Å². The smallest absolute Gasteiger partial charge is 0.236 e. The molecule has 2 aromatic heterocycles. The Kier molecular flexibility index (Phi) is 6.72. The molecule has 3 aromatic rings. The summed E-state index contributed by atoms with van der Waals surface area (Å²) in [6.07, 6.45) is 0.622. The van der Waals surface area contributed by atoms with Crippen LogP contribution in [0.3, 0.4) is 0 Å². The lowest BCUT2D eigenvalue weighted by molar-refractivity contribution is -0.120. The third-order valence-electron chi connectivity index (χ3n) is 5.76. The van der Waals surface area contributed by atoms with Crippen LogP contribution in [0.25, 0.3) is 0 Å². The highest BCUT2D eigenvalue weighted by Gasteiger charge is 2.34. The largest absolute Gasteiger partial charge is 0.497 e. The fourth-order valence-corrected chi connectivity index (χ4v) is 4.01. The average molecular weight is 465 g/mol. The molecule has 1 unspecified atom stereocenters. The lowest BCUT2D eigenvalue weighted by Gasteiger charge is -2.33. The topological polar surface area (TPSA) is 95.0 Å². The van der Waals surface area contributed by atoms with Crippen molar-refractivity contribution in [1.82, 2.24) is 9.97 Å². The number of fused-ring (bicyclic) bond motifs is 1. The first-order valence-corrected chi connectivity index (χ1v) is 10.9. The van der Waals surface area contributed by atoms with Crippen LogP contribution in [0.2, 0.25) is 0 Å². The molecule has 1 amide bonds. The highest BCUT2D eigenvalue weighted by Crippen LogP contribution is 2.37. The molecule has 0 spiro atoms. The quantitative estimate of drug-likeness (QED) is 0.527. The lowest BCUT2D eigenvalue weighted by Crippen LogP contribution is -2.40.